The van der Waals surface area contributed by atoms with Gasteiger partial charge in [0.05, 0.1) is 29.2 Å². The molecule has 0 spiro atoms. The third-order valence-corrected chi connectivity index (χ3v) is 5.25. The molecule has 2 aromatic carbocycles. The molecule has 1 N–H and O–H groups in total. The molecule has 7 heteroatoms. The number of nitrogens with zero attached hydrogens (tertiary/aromatic N) is 2. The largest absolute Gasteiger partial charge is 0.416 e. The number of nitrogens with one attached hydrogen (secondary N) is 1. The van der Waals surface area contributed by atoms with E-state index >= 15 is 0 Å². The molecule has 0 aliphatic carbocycles. The van der Waals surface area contributed by atoms with Crippen LogP contribution in [-0.4, -0.2) is 15.7 Å². The summed E-state index contributed by atoms with van der Waals surface area (Å²) in [5.74, 6) is 0.137. The fraction of sp³-hybridized carbons (Fsp3) is 0.280. The summed E-state index contributed by atoms with van der Waals surface area (Å²) in [6.45, 7) is 7.94. The minimum atomic E-state index is -4.40. The maximum Gasteiger partial charge on any atom is 0.416 e. The molecule has 0 unspecified atom stereocenters. The van der Waals surface area contributed by atoms with Crippen LogP contribution in [0.4, 0.5) is 18.9 Å². The van der Waals surface area contributed by atoms with E-state index in [0.717, 1.165) is 17.7 Å². The number of anilines is 1. The van der Waals surface area contributed by atoms with Crippen LogP contribution >= 0.6 is 0 Å². The highest BCUT2D eigenvalue weighted by atomic mass is 19.4. The van der Waals surface area contributed by atoms with Gasteiger partial charge in [-0.2, -0.15) is 18.3 Å². The van der Waals surface area contributed by atoms with Crippen LogP contribution in [-0.2, 0) is 17.5 Å². The molecule has 3 rings (SSSR count). The van der Waals surface area contributed by atoms with Crippen LogP contribution < -0.4 is 5.32 Å². The van der Waals surface area contributed by atoms with Crippen molar-refractivity contribution in [1.29, 1.82) is 0 Å². The number of aromatic nitrogens is 2. The van der Waals surface area contributed by atoms with Gasteiger partial charge in [0.25, 0.3) is 0 Å². The molecule has 1 aromatic heterocycles. The van der Waals surface area contributed by atoms with Gasteiger partial charge < -0.3 is 5.32 Å². The highest BCUT2D eigenvalue weighted by Crippen LogP contribution is 2.30. The van der Waals surface area contributed by atoms with Crippen molar-refractivity contribution in [3.63, 3.8) is 0 Å². The lowest BCUT2D eigenvalue weighted by Crippen LogP contribution is -2.10. The summed E-state index contributed by atoms with van der Waals surface area (Å²) in [7, 11) is 0. The van der Waals surface area contributed by atoms with Gasteiger partial charge in [-0.1, -0.05) is 50.2 Å². The summed E-state index contributed by atoms with van der Waals surface area (Å²) in [6.07, 6.45) is -1.21. The number of benzene rings is 2. The van der Waals surface area contributed by atoms with Crippen molar-refractivity contribution in [2.24, 2.45) is 0 Å². The Balaban J connectivity index is 1.71. The minimum Gasteiger partial charge on any atom is -0.319 e. The Labute approximate surface area is 185 Å². The van der Waals surface area contributed by atoms with E-state index in [-0.39, 0.29) is 12.5 Å². The van der Waals surface area contributed by atoms with E-state index in [9.17, 15) is 18.0 Å². The molecule has 3 aromatic rings. The maximum absolute atomic E-state index is 13.0. The fourth-order valence-corrected chi connectivity index (χ4v) is 3.38. The Morgan fingerprint density at radius 1 is 1.12 bits per heavy atom. The lowest BCUT2D eigenvalue weighted by atomic mass is 10.0. The van der Waals surface area contributed by atoms with Crippen molar-refractivity contribution in [2.75, 3.05) is 5.32 Å². The molecule has 4 nitrogen and oxygen atoms in total. The van der Waals surface area contributed by atoms with Crippen LogP contribution in [0.5, 0.6) is 0 Å². The van der Waals surface area contributed by atoms with Crippen LogP contribution in [0, 0.1) is 13.8 Å². The highest BCUT2D eigenvalue weighted by molar-refractivity contribution is 6.02. The second kappa shape index (κ2) is 9.42. The first-order valence-corrected chi connectivity index (χ1v) is 10.3. The minimum absolute atomic E-state index is 0.171. The zero-order chi connectivity index (χ0) is 23.5. The Morgan fingerprint density at radius 3 is 2.44 bits per heavy atom. The first kappa shape index (κ1) is 23.3. The maximum atomic E-state index is 13.0. The summed E-state index contributed by atoms with van der Waals surface area (Å²) in [5, 5.41) is 7.22. The van der Waals surface area contributed by atoms with E-state index in [2.05, 4.69) is 24.3 Å². The zero-order valence-corrected chi connectivity index (χ0v) is 18.5. The van der Waals surface area contributed by atoms with Crippen LogP contribution in [0.1, 0.15) is 53.4 Å². The number of alkyl halides is 3. The summed E-state index contributed by atoms with van der Waals surface area (Å²) in [6, 6.07) is 13.2. The normalized spacial score (nSPS) is 12.0. The Hall–Kier alpha value is -3.35. The van der Waals surface area contributed by atoms with E-state index in [4.69, 9.17) is 0 Å². The molecular formula is C25H26F3N3O. The van der Waals surface area contributed by atoms with Gasteiger partial charge in [0.1, 0.15) is 0 Å². The SMILES string of the molecule is Cc1nn(Cc2cccc(C(F)(F)F)c2)c(C)c1NC(=O)/C=C/c1ccc(C(C)C)cc1. The average molecular weight is 441 g/mol. The number of halogens is 3. The number of aryl methyl sites for hydroxylation is 1. The number of carbonyl (C=O) groups excluding carboxylic acids is 1. The van der Waals surface area contributed by atoms with Crippen molar-refractivity contribution in [1.82, 2.24) is 9.78 Å². The number of carbonyl (C=O) groups is 1. The van der Waals surface area contributed by atoms with Gasteiger partial charge in [0.2, 0.25) is 5.91 Å². The predicted octanol–water partition coefficient (Wildman–Crippen LogP) is 6.34. The lowest BCUT2D eigenvalue weighted by Gasteiger charge is -2.10. The van der Waals surface area contributed by atoms with Crippen molar-refractivity contribution in [3.05, 3.63) is 88.2 Å². The summed E-state index contributed by atoms with van der Waals surface area (Å²) in [4.78, 5) is 12.4. The molecule has 0 aliphatic rings. The molecule has 0 aliphatic heterocycles. The van der Waals surface area contributed by atoms with Crippen molar-refractivity contribution in [2.45, 2.75) is 46.3 Å². The highest BCUT2D eigenvalue weighted by Gasteiger charge is 2.30. The molecule has 0 saturated heterocycles. The third-order valence-electron chi connectivity index (χ3n) is 5.25. The van der Waals surface area contributed by atoms with E-state index in [1.165, 1.54) is 17.7 Å². The fourth-order valence-electron chi connectivity index (χ4n) is 3.38. The summed E-state index contributed by atoms with van der Waals surface area (Å²) < 4.78 is 40.5. The summed E-state index contributed by atoms with van der Waals surface area (Å²) in [5.41, 5.74) is 3.75. The molecule has 0 saturated carbocycles. The quantitative estimate of drug-likeness (QED) is 0.454. The Kier molecular flexibility index (Phi) is 6.87. The smallest absolute Gasteiger partial charge is 0.319 e. The van der Waals surface area contributed by atoms with E-state index in [0.29, 0.717) is 28.6 Å². The first-order chi connectivity index (χ1) is 15.0. The monoisotopic (exact) mass is 441 g/mol. The first-order valence-electron chi connectivity index (χ1n) is 10.3. The molecule has 1 heterocycles. The second-order valence-electron chi connectivity index (χ2n) is 8.05. The standard InChI is InChI=1S/C25H26F3N3O/c1-16(2)21-11-8-19(9-12-21)10-13-23(32)29-24-17(3)30-31(18(24)4)15-20-6-5-7-22(14-20)25(26,27)28/h5-14,16H,15H2,1-4H3,(H,29,32)/b13-10+. The summed E-state index contributed by atoms with van der Waals surface area (Å²) >= 11 is 0. The van der Waals surface area contributed by atoms with Gasteiger partial charge in [0, 0.05) is 6.08 Å². The van der Waals surface area contributed by atoms with Gasteiger partial charge >= 0.3 is 6.18 Å². The van der Waals surface area contributed by atoms with Crippen LogP contribution in [0.3, 0.4) is 0 Å². The predicted molar refractivity (Wildman–Crippen MR) is 120 cm³/mol. The average Bonchev–Trinajstić information content (AvgIpc) is 2.99. The van der Waals surface area contributed by atoms with Crippen molar-refractivity contribution >= 4 is 17.7 Å². The van der Waals surface area contributed by atoms with Gasteiger partial charge in [0.15, 0.2) is 0 Å². The molecule has 0 fully saturated rings. The molecule has 32 heavy (non-hydrogen) atoms. The number of amides is 1. The zero-order valence-electron chi connectivity index (χ0n) is 18.5. The van der Waals surface area contributed by atoms with Gasteiger partial charge in [-0.3, -0.25) is 9.48 Å². The van der Waals surface area contributed by atoms with Crippen molar-refractivity contribution < 1.29 is 18.0 Å². The van der Waals surface area contributed by atoms with Crippen LogP contribution in [0.15, 0.2) is 54.6 Å². The molecule has 0 bridgehead atoms. The lowest BCUT2D eigenvalue weighted by molar-refractivity contribution is -0.137. The number of hydrogen-bond donors (Lipinski definition) is 1. The van der Waals surface area contributed by atoms with E-state index < -0.39 is 11.7 Å². The van der Waals surface area contributed by atoms with Gasteiger partial charge in [-0.05, 0) is 54.7 Å². The number of rotatable bonds is 6. The molecule has 0 atom stereocenters. The number of hydrogen-bond acceptors (Lipinski definition) is 2. The Bertz CT molecular complexity index is 1130. The Morgan fingerprint density at radius 2 is 1.81 bits per heavy atom. The van der Waals surface area contributed by atoms with Gasteiger partial charge in [-0.15, -0.1) is 0 Å². The molecule has 0 radical (unpaired) electrons. The third kappa shape index (κ3) is 5.66. The molecular weight excluding hydrogens is 415 g/mol. The van der Waals surface area contributed by atoms with Crippen molar-refractivity contribution in [3.8, 4) is 0 Å². The molecule has 1 amide bonds. The van der Waals surface area contributed by atoms with E-state index in [1.54, 1.807) is 30.7 Å². The van der Waals surface area contributed by atoms with Crippen LogP contribution in [0.2, 0.25) is 0 Å². The topological polar surface area (TPSA) is 46.9 Å². The van der Waals surface area contributed by atoms with Gasteiger partial charge in [-0.25, -0.2) is 0 Å². The molecule has 168 valence electrons. The van der Waals surface area contributed by atoms with Crippen LogP contribution in [0.25, 0.3) is 6.08 Å². The second-order valence-corrected chi connectivity index (χ2v) is 8.05. The van der Waals surface area contributed by atoms with E-state index in [1.807, 2.05) is 24.3 Å².